The minimum absolute atomic E-state index is 0.0217. The van der Waals surface area contributed by atoms with Crippen LogP contribution in [0.25, 0.3) is 0 Å². The predicted octanol–water partition coefficient (Wildman–Crippen LogP) is 2.43. The van der Waals surface area contributed by atoms with Crippen molar-refractivity contribution in [3.05, 3.63) is 32.3 Å². The summed E-state index contributed by atoms with van der Waals surface area (Å²) in [5.74, 6) is 0.484. The lowest BCUT2D eigenvalue weighted by Gasteiger charge is -2.04. The first-order valence-corrected chi connectivity index (χ1v) is 4.77. The summed E-state index contributed by atoms with van der Waals surface area (Å²) < 4.78 is 5.27. The fourth-order valence-electron chi connectivity index (χ4n) is 1.17. The molecule has 0 N–H and O–H groups in total. The molecule has 0 aliphatic rings. The van der Waals surface area contributed by atoms with Crippen molar-refractivity contribution in [3.63, 3.8) is 0 Å². The van der Waals surface area contributed by atoms with Crippen molar-refractivity contribution >= 4 is 21.6 Å². The molecule has 78 valence electrons. The molecule has 0 aliphatic heterocycles. The van der Waals surface area contributed by atoms with E-state index in [0.717, 1.165) is 0 Å². The molecule has 1 aromatic carbocycles. The van der Waals surface area contributed by atoms with E-state index in [9.17, 15) is 10.1 Å². The first kappa shape index (κ1) is 11.5. The summed E-state index contributed by atoms with van der Waals surface area (Å²) in [6.07, 6.45) is -0.0217. The molecule has 15 heavy (non-hydrogen) atoms. The van der Waals surface area contributed by atoms with Gasteiger partial charge < -0.3 is 4.74 Å². The van der Waals surface area contributed by atoms with Crippen molar-refractivity contribution in [1.82, 2.24) is 0 Å². The summed E-state index contributed by atoms with van der Waals surface area (Å²) in [6, 6.07) is 4.87. The molecule has 0 fully saturated rings. The van der Waals surface area contributed by atoms with E-state index in [1.54, 1.807) is 0 Å². The van der Waals surface area contributed by atoms with Crippen LogP contribution in [0.5, 0.6) is 5.75 Å². The van der Waals surface area contributed by atoms with Gasteiger partial charge in [-0.1, -0.05) is 0 Å². The molecule has 0 saturated carbocycles. The van der Waals surface area contributed by atoms with Crippen LogP contribution >= 0.6 is 15.9 Å². The molecule has 0 heterocycles. The number of nitrogens with zero attached hydrogens (tertiary/aromatic N) is 2. The van der Waals surface area contributed by atoms with Crippen LogP contribution in [0.4, 0.5) is 5.69 Å². The molecule has 0 atom stereocenters. The molecule has 0 amide bonds. The van der Waals surface area contributed by atoms with Crippen molar-refractivity contribution in [2.24, 2.45) is 0 Å². The largest absolute Gasteiger partial charge is 0.497 e. The minimum atomic E-state index is -0.518. The first-order chi connectivity index (χ1) is 7.10. The van der Waals surface area contributed by atoms with Gasteiger partial charge in [-0.25, -0.2) is 0 Å². The third kappa shape index (κ3) is 2.44. The Bertz CT molecular complexity index is 440. The zero-order chi connectivity index (χ0) is 11.4. The molecule has 1 rings (SSSR count). The van der Waals surface area contributed by atoms with E-state index >= 15 is 0 Å². The van der Waals surface area contributed by atoms with Gasteiger partial charge in [-0.05, 0) is 22.0 Å². The fraction of sp³-hybridized carbons (Fsp3) is 0.222. The maximum Gasteiger partial charge on any atom is 0.287 e. The van der Waals surface area contributed by atoms with E-state index in [2.05, 4.69) is 15.9 Å². The van der Waals surface area contributed by atoms with E-state index in [1.807, 2.05) is 6.07 Å². The number of nitro groups is 1. The molecular weight excluding hydrogens is 264 g/mol. The third-order valence-electron chi connectivity index (χ3n) is 1.80. The van der Waals surface area contributed by atoms with Crippen molar-refractivity contribution in [2.75, 3.05) is 7.11 Å². The Morgan fingerprint density at radius 2 is 2.33 bits per heavy atom. The summed E-state index contributed by atoms with van der Waals surface area (Å²) in [6.45, 7) is 0. The molecule has 0 bridgehead atoms. The van der Waals surface area contributed by atoms with Crippen molar-refractivity contribution in [2.45, 2.75) is 6.42 Å². The highest BCUT2D eigenvalue weighted by Crippen LogP contribution is 2.33. The number of nitro benzene ring substituents is 1. The molecule has 0 spiro atoms. The molecule has 0 unspecified atom stereocenters. The zero-order valence-electron chi connectivity index (χ0n) is 7.86. The molecule has 5 nitrogen and oxygen atoms in total. The lowest BCUT2D eigenvalue weighted by Crippen LogP contribution is -1.97. The number of methoxy groups -OCH3 is 1. The average molecular weight is 271 g/mol. The molecule has 6 heteroatoms. The summed E-state index contributed by atoms with van der Waals surface area (Å²) in [5.41, 5.74) is 0.256. The second-order valence-electron chi connectivity index (χ2n) is 2.71. The predicted molar refractivity (Wildman–Crippen MR) is 56.7 cm³/mol. The van der Waals surface area contributed by atoms with Gasteiger partial charge in [0.15, 0.2) is 0 Å². The van der Waals surface area contributed by atoms with E-state index in [-0.39, 0.29) is 12.1 Å². The van der Waals surface area contributed by atoms with Gasteiger partial charge in [0.1, 0.15) is 5.75 Å². The van der Waals surface area contributed by atoms with Crippen LogP contribution in [0.3, 0.4) is 0 Å². The number of ether oxygens (including phenoxy) is 1. The molecule has 0 aliphatic carbocycles. The van der Waals surface area contributed by atoms with Crippen LogP contribution in [0.2, 0.25) is 0 Å². The van der Waals surface area contributed by atoms with E-state index in [4.69, 9.17) is 10.00 Å². The summed E-state index contributed by atoms with van der Waals surface area (Å²) in [5, 5.41) is 19.3. The van der Waals surface area contributed by atoms with E-state index in [1.165, 1.54) is 19.2 Å². The highest BCUT2D eigenvalue weighted by Gasteiger charge is 2.19. The molecule has 0 aromatic heterocycles. The summed E-state index contributed by atoms with van der Waals surface area (Å²) >= 11 is 3.08. The number of nitriles is 1. The number of hydrogen-bond donors (Lipinski definition) is 0. The normalized spacial score (nSPS) is 9.40. The second kappa shape index (κ2) is 4.75. The molecular formula is C9H7BrN2O3. The topological polar surface area (TPSA) is 76.2 Å². The number of benzene rings is 1. The van der Waals surface area contributed by atoms with Crippen LogP contribution in [0.15, 0.2) is 16.6 Å². The van der Waals surface area contributed by atoms with Crippen LogP contribution in [0.1, 0.15) is 5.56 Å². The highest BCUT2D eigenvalue weighted by atomic mass is 79.9. The van der Waals surface area contributed by atoms with Gasteiger partial charge in [-0.3, -0.25) is 10.1 Å². The lowest BCUT2D eigenvalue weighted by atomic mass is 10.1. The maximum atomic E-state index is 10.7. The Morgan fingerprint density at radius 3 is 2.80 bits per heavy atom. The average Bonchev–Trinajstić information content (AvgIpc) is 2.16. The minimum Gasteiger partial charge on any atom is -0.497 e. The number of halogens is 1. The Balaban J connectivity index is 3.36. The van der Waals surface area contributed by atoms with Gasteiger partial charge in [0, 0.05) is 11.6 Å². The molecule has 0 saturated heterocycles. The molecule has 0 radical (unpaired) electrons. The standard InChI is InChI=1S/C9H7BrN2O3/c1-15-7-4-6(2-3-11)9(12(13)14)8(10)5-7/h4-5H,2H2,1H3. The Morgan fingerprint density at radius 1 is 1.67 bits per heavy atom. The zero-order valence-corrected chi connectivity index (χ0v) is 9.44. The van der Waals surface area contributed by atoms with Gasteiger partial charge in [0.2, 0.25) is 0 Å². The van der Waals surface area contributed by atoms with Crippen LogP contribution in [-0.4, -0.2) is 12.0 Å². The molecule has 1 aromatic rings. The van der Waals surface area contributed by atoms with Gasteiger partial charge in [-0.15, -0.1) is 0 Å². The Kier molecular flexibility index (Phi) is 3.63. The first-order valence-electron chi connectivity index (χ1n) is 3.98. The van der Waals surface area contributed by atoms with E-state index < -0.39 is 4.92 Å². The van der Waals surface area contributed by atoms with Gasteiger partial charge >= 0.3 is 0 Å². The summed E-state index contributed by atoms with van der Waals surface area (Å²) in [4.78, 5) is 10.2. The Labute approximate surface area is 94.6 Å². The van der Waals surface area contributed by atoms with Gasteiger partial charge in [0.25, 0.3) is 5.69 Å². The van der Waals surface area contributed by atoms with E-state index in [0.29, 0.717) is 15.8 Å². The van der Waals surface area contributed by atoms with Gasteiger partial charge in [0.05, 0.1) is 29.0 Å². The van der Waals surface area contributed by atoms with Crippen LogP contribution in [0, 0.1) is 21.4 Å². The monoisotopic (exact) mass is 270 g/mol. The van der Waals surface area contributed by atoms with Crippen LogP contribution in [-0.2, 0) is 6.42 Å². The van der Waals surface area contributed by atoms with Crippen LogP contribution < -0.4 is 4.74 Å². The number of rotatable bonds is 3. The van der Waals surface area contributed by atoms with Crippen molar-refractivity contribution < 1.29 is 9.66 Å². The Hall–Kier alpha value is -1.61. The lowest BCUT2D eigenvalue weighted by molar-refractivity contribution is -0.386. The van der Waals surface area contributed by atoms with Crippen molar-refractivity contribution in [1.29, 1.82) is 5.26 Å². The summed E-state index contributed by atoms with van der Waals surface area (Å²) in [7, 11) is 1.46. The second-order valence-corrected chi connectivity index (χ2v) is 3.56. The highest BCUT2D eigenvalue weighted by molar-refractivity contribution is 9.10. The maximum absolute atomic E-state index is 10.7. The SMILES string of the molecule is COc1cc(Br)c([N+](=O)[O-])c(CC#N)c1. The smallest absolute Gasteiger partial charge is 0.287 e. The van der Waals surface area contributed by atoms with Gasteiger partial charge in [-0.2, -0.15) is 5.26 Å². The third-order valence-corrected chi connectivity index (χ3v) is 2.41. The fourth-order valence-corrected chi connectivity index (χ4v) is 1.80. The quantitative estimate of drug-likeness (QED) is 0.624. The number of hydrogen-bond acceptors (Lipinski definition) is 4. The van der Waals surface area contributed by atoms with Crippen molar-refractivity contribution in [3.8, 4) is 11.8 Å².